The van der Waals surface area contributed by atoms with E-state index in [-0.39, 0.29) is 17.9 Å². The van der Waals surface area contributed by atoms with Gasteiger partial charge in [-0.1, -0.05) is 6.07 Å². The Balaban J connectivity index is 1.74. The highest BCUT2D eigenvalue weighted by Gasteiger charge is 2.44. The first-order valence-electron chi connectivity index (χ1n) is 7.86. The van der Waals surface area contributed by atoms with E-state index in [1.807, 2.05) is 19.1 Å². The molecule has 3 unspecified atom stereocenters. The Morgan fingerprint density at radius 1 is 1.29 bits per heavy atom. The Morgan fingerprint density at radius 2 is 2.10 bits per heavy atom. The van der Waals surface area contributed by atoms with Crippen LogP contribution in [0, 0.1) is 12.8 Å². The molecule has 114 valence electrons. The van der Waals surface area contributed by atoms with E-state index in [0.717, 1.165) is 36.2 Å². The van der Waals surface area contributed by atoms with Crippen LogP contribution in [0.4, 0.5) is 11.4 Å². The molecular formula is C17H24N2O2. The number of aryl methyl sites for hydroxylation is 1. The highest BCUT2D eigenvalue weighted by atomic mass is 16.5. The molecule has 0 aromatic heterocycles. The van der Waals surface area contributed by atoms with Gasteiger partial charge in [0.2, 0.25) is 5.91 Å². The van der Waals surface area contributed by atoms with Crippen LogP contribution in [0.5, 0.6) is 0 Å². The summed E-state index contributed by atoms with van der Waals surface area (Å²) in [6.45, 7) is 6.22. The lowest BCUT2D eigenvalue weighted by Crippen LogP contribution is -2.31. The second kappa shape index (κ2) is 5.68. The van der Waals surface area contributed by atoms with Crippen molar-refractivity contribution in [1.82, 2.24) is 0 Å². The Hall–Kier alpha value is -1.55. The number of carbonyl (C=O) groups excluding carboxylic acids is 1. The van der Waals surface area contributed by atoms with Crippen molar-refractivity contribution >= 4 is 17.3 Å². The van der Waals surface area contributed by atoms with Crippen molar-refractivity contribution < 1.29 is 9.53 Å². The normalized spacial score (nSPS) is 27.1. The van der Waals surface area contributed by atoms with Gasteiger partial charge in [-0.3, -0.25) is 4.79 Å². The zero-order chi connectivity index (χ0) is 15.0. The summed E-state index contributed by atoms with van der Waals surface area (Å²) >= 11 is 0. The average Bonchev–Trinajstić information content (AvgIpc) is 3.04. The Bertz CT molecular complexity index is 542. The number of carbonyl (C=O) groups is 1. The van der Waals surface area contributed by atoms with Crippen molar-refractivity contribution in [1.29, 1.82) is 0 Å². The van der Waals surface area contributed by atoms with Crippen LogP contribution in [0.15, 0.2) is 18.2 Å². The van der Waals surface area contributed by atoms with Crippen molar-refractivity contribution in [3.05, 3.63) is 23.8 Å². The van der Waals surface area contributed by atoms with Crippen LogP contribution in [0.2, 0.25) is 0 Å². The van der Waals surface area contributed by atoms with Crippen molar-refractivity contribution in [3.63, 3.8) is 0 Å². The summed E-state index contributed by atoms with van der Waals surface area (Å²) in [5.41, 5.74) is 2.99. The SMILES string of the molecule is Cc1ccc(NC(C)C)c(NC(=O)C2CC3CCC2O3)c1. The number of hydrogen-bond acceptors (Lipinski definition) is 3. The van der Waals surface area contributed by atoms with Crippen LogP contribution in [-0.2, 0) is 9.53 Å². The summed E-state index contributed by atoms with van der Waals surface area (Å²) in [6, 6.07) is 6.44. The molecule has 0 aliphatic carbocycles. The molecule has 3 atom stereocenters. The first-order chi connectivity index (χ1) is 10.0. The van der Waals surface area contributed by atoms with Gasteiger partial charge in [0, 0.05) is 6.04 Å². The zero-order valence-electron chi connectivity index (χ0n) is 13.0. The third kappa shape index (κ3) is 3.05. The molecule has 4 heteroatoms. The molecule has 2 aliphatic rings. The molecule has 1 aromatic carbocycles. The van der Waals surface area contributed by atoms with E-state index in [4.69, 9.17) is 4.74 Å². The maximum atomic E-state index is 12.5. The third-order valence-corrected chi connectivity index (χ3v) is 4.32. The van der Waals surface area contributed by atoms with Gasteiger partial charge in [-0.25, -0.2) is 0 Å². The lowest BCUT2D eigenvalue weighted by molar-refractivity contribution is -0.121. The van der Waals surface area contributed by atoms with E-state index >= 15 is 0 Å². The fourth-order valence-electron chi connectivity index (χ4n) is 3.34. The maximum absolute atomic E-state index is 12.5. The molecule has 2 bridgehead atoms. The van der Waals surface area contributed by atoms with E-state index in [9.17, 15) is 4.79 Å². The van der Waals surface area contributed by atoms with Crippen LogP contribution in [0.25, 0.3) is 0 Å². The molecule has 21 heavy (non-hydrogen) atoms. The van der Waals surface area contributed by atoms with Gasteiger partial charge in [0.05, 0.1) is 29.5 Å². The molecule has 1 amide bonds. The van der Waals surface area contributed by atoms with Gasteiger partial charge >= 0.3 is 0 Å². The molecule has 2 saturated heterocycles. The second-order valence-corrected chi connectivity index (χ2v) is 6.55. The van der Waals surface area contributed by atoms with E-state index in [0.29, 0.717) is 12.1 Å². The quantitative estimate of drug-likeness (QED) is 0.893. The van der Waals surface area contributed by atoms with E-state index < -0.39 is 0 Å². The smallest absolute Gasteiger partial charge is 0.230 e. The fraction of sp³-hybridized carbons (Fsp3) is 0.588. The number of ether oxygens (including phenoxy) is 1. The summed E-state index contributed by atoms with van der Waals surface area (Å²) in [5.74, 6) is 0.107. The molecule has 0 radical (unpaired) electrons. The molecule has 1 aromatic rings. The molecule has 0 spiro atoms. The van der Waals surface area contributed by atoms with Gasteiger partial charge in [-0.05, 0) is 57.7 Å². The minimum absolute atomic E-state index is 0.0103. The molecule has 2 heterocycles. The first-order valence-corrected chi connectivity index (χ1v) is 7.86. The van der Waals surface area contributed by atoms with E-state index in [1.165, 1.54) is 0 Å². The van der Waals surface area contributed by atoms with Crippen molar-refractivity contribution in [2.45, 2.75) is 58.3 Å². The van der Waals surface area contributed by atoms with Crippen LogP contribution in [0.1, 0.15) is 38.7 Å². The molecule has 3 rings (SSSR count). The monoisotopic (exact) mass is 288 g/mol. The van der Waals surface area contributed by atoms with Gasteiger partial charge in [0.15, 0.2) is 0 Å². The first kappa shape index (κ1) is 14.4. The zero-order valence-corrected chi connectivity index (χ0v) is 13.0. The molecular weight excluding hydrogens is 264 g/mol. The molecule has 2 N–H and O–H groups in total. The largest absolute Gasteiger partial charge is 0.381 e. The highest BCUT2D eigenvalue weighted by Crippen LogP contribution is 2.39. The predicted octanol–water partition coefficient (Wildman–Crippen LogP) is 3.32. The van der Waals surface area contributed by atoms with Gasteiger partial charge in [0.25, 0.3) is 0 Å². The van der Waals surface area contributed by atoms with E-state index in [1.54, 1.807) is 0 Å². The minimum atomic E-state index is 0.0103. The number of anilines is 2. The number of benzene rings is 1. The van der Waals surface area contributed by atoms with Gasteiger partial charge in [-0.15, -0.1) is 0 Å². The maximum Gasteiger partial charge on any atom is 0.230 e. The van der Waals surface area contributed by atoms with Crippen molar-refractivity contribution in [3.8, 4) is 0 Å². The van der Waals surface area contributed by atoms with Gasteiger partial charge in [0.1, 0.15) is 0 Å². The molecule has 2 aliphatic heterocycles. The summed E-state index contributed by atoms with van der Waals surface area (Å²) in [6.07, 6.45) is 3.43. The summed E-state index contributed by atoms with van der Waals surface area (Å²) < 4.78 is 5.79. The molecule has 4 nitrogen and oxygen atoms in total. The average molecular weight is 288 g/mol. The third-order valence-electron chi connectivity index (χ3n) is 4.32. The Morgan fingerprint density at radius 3 is 2.71 bits per heavy atom. The summed E-state index contributed by atoms with van der Waals surface area (Å²) in [4.78, 5) is 12.5. The number of amides is 1. The predicted molar refractivity (Wildman–Crippen MR) is 84.6 cm³/mol. The Labute approximate surface area is 126 Å². The Kier molecular flexibility index (Phi) is 3.89. The van der Waals surface area contributed by atoms with Gasteiger partial charge in [-0.2, -0.15) is 0 Å². The topological polar surface area (TPSA) is 50.4 Å². The van der Waals surface area contributed by atoms with Crippen molar-refractivity contribution in [2.75, 3.05) is 10.6 Å². The lowest BCUT2D eigenvalue weighted by atomic mass is 9.88. The van der Waals surface area contributed by atoms with Crippen molar-refractivity contribution in [2.24, 2.45) is 5.92 Å². The minimum Gasteiger partial charge on any atom is -0.381 e. The molecule has 2 fully saturated rings. The van der Waals surface area contributed by atoms with Gasteiger partial charge < -0.3 is 15.4 Å². The number of rotatable bonds is 4. The number of hydrogen-bond donors (Lipinski definition) is 2. The lowest BCUT2D eigenvalue weighted by Gasteiger charge is -2.21. The highest BCUT2D eigenvalue weighted by molar-refractivity contribution is 5.96. The van der Waals surface area contributed by atoms with Crippen LogP contribution >= 0.6 is 0 Å². The molecule has 0 saturated carbocycles. The van der Waals surface area contributed by atoms with E-state index in [2.05, 4.69) is 30.5 Å². The van der Waals surface area contributed by atoms with Crippen LogP contribution in [-0.4, -0.2) is 24.2 Å². The van der Waals surface area contributed by atoms with Crippen LogP contribution in [0.3, 0.4) is 0 Å². The standard InChI is InChI=1S/C17H24N2O2/c1-10(2)18-14-6-4-11(3)8-15(14)19-17(20)13-9-12-5-7-16(13)21-12/h4,6,8,10,12-13,16,18H,5,7,9H2,1-3H3,(H,19,20). The number of fused-ring (bicyclic) bond motifs is 2. The number of nitrogens with one attached hydrogen (secondary N) is 2. The summed E-state index contributed by atoms with van der Waals surface area (Å²) in [5, 5.41) is 6.49. The summed E-state index contributed by atoms with van der Waals surface area (Å²) in [7, 11) is 0. The fourth-order valence-corrected chi connectivity index (χ4v) is 3.34. The van der Waals surface area contributed by atoms with Crippen LogP contribution < -0.4 is 10.6 Å². The second-order valence-electron chi connectivity index (χ2n) is 6.55.